The Kier molecular flexibility index (Phi) is 3.94. The molecule has 0 amide bonds. The van der Waals surface area contributed by atoms with E-state index in [4.69, 9.17) is 0 Å². The van der Waals surface area contributed by atoms with Crippen LogP contribution in [0.1, 0.15) is 13.8 Å². The topological polar surface area (TPSA) is 28.2 Å². The number of para-hydroxylation sites is 1. The van der Waals surface area contributed by atoms with Gasteiger partial charge in [0.05, 0.1) is 11.2 Å². The van der Waals surface area contributed by atoms with E-state index in [1.165, 1.54) is 11.1 Å². The number of hydrogen-bond acceptors (Lipinski definition) is 3. The summed E-state index contributed by atoms with van der Waals surface area (Å²) in [7, 11) is 0. The molecule has 1 N–H and O–H groups in total. The number of aromatic nitrogens is 1. The van der Waals surface area contributed by atoms with Crippen LogP contribution in [0.4, 0.5) is 5.69 Å². The lowest BCUT2D eigenvalue weighted by molar-refractivity contribution is 0.391. The summed E-state index contributed by atoms with van der Waals surface area (Å²) in [5.74, 6) is 0.619. The quantitative estimate of drug-likeness (QED) is 0.912. The van der Waals surface area contributed by atoms with Gasteiger partial charge < -0.3 is 10.2 Å². The number of nitrogens with zero attached hydrogens (tertiary/aromatic N) is 2. The van der Waals surface area contributed by atoms with Gasteiger partial charge in [0.25, 0.3) is 0 Å². The van der Waals surface area contributed by atoms with Crippen LogP contribution in [0.25, 0.3) is 10.9 Å². The molecule has 1 unspecified atom stereocenters. The van der Waals surface area contributed by atoms with Gasteiger partial charge in [0, 0.05) is 41.7 Å². The van der Waals surface area contributed by atoms with Crippen molar-refractivity contribution in [1.82, 2.24) is 10.3 Å². The van der Waals surface area contributed by atoms with Gasteiger partial charge in [0.2, 0.25) is 0 Å². The molecule has 0 aliphatic carbocycles. The van der Waals surface area contributed by atoms with Gasteiger partial charge in [0.1, 0.15) is 0 Å². The first-order valence-corrected chi connectivity index (χ1v) is 7.98. The highest BCUT2D eigenvalue weighted by molar-refractivity contribution is 9.10. The Bertz CT molecular complexity index is 612. The van der Waals surface area contributed by atoms with Gasteiger partial charge >= 0.3 is 0 Å². The Morgan fingerprint density at radius 3 is 3.05 bits per heavy atom. The largest absolute Gasteiger partial charge is 0.364 e. The average Bonchev–Trinajstić information content (AvgIpc) is 2.46. The zero-order chi connectivity index (χ0) is 14.1. The second-order valence-corrected chi connectivity index (χ2v) is 6.63. The summed E-state index contributed by atoms with van der Waals surface area (Å²) in [6.45, 7) is 7.71. The lowest BCUT2D eigenvalue weighted by atomic mass is 9.99. The van der Waals surface area contributed by atoms with E-state index in [1.54, 1.807) is 0 Å². The Morgan fingerprint density at radius 2 is 2.25 bits per heavy atom. The van der Waals surface area contributed by atoms with Crippen LogP contribution >= 0.6 is 15.9 Å². The zero-order valence-electron chi connectivity index (χ0n) is 11.9. The molecule has 0 radical (unpaired) electrons. The lowest BCUT2D eigenvalue weighted by Crippen LogP contribution is -2.53. The number of hydrogen-bond donors (Lipinski definition) is 1. The molecule has 3 nitrogen and oxygen atoms in total. The molecule has 2 heterocycles. The summed E-state index contributed by atoms with van der Waals surface area (Å²) in [5, 5.41) is 4.70. The van der Waals surface area contributed by atoms with Gasteiger partial charge in [-0.05, 0) is 34.0 Å². The van der Waals surface area contributed by atoms with Crippen LogP contribution in [0, 0.1) is 5.92 Å². The van der Waals surface area contributed by atoms with Gasteiger partial charge in [-0.15, -0.1) is 0 Å². The normalized spacial score (nSPS) is 19.8. The van der Waals surface area contributed by atoms with Gasteiger partial charge in [-0.3, -0.25) is 4.98 Å². The molecule has 4 heteroatoms. The van der Waals surface area contributed by atoms with E-state index < -0.39 is 0 Å². The highest BCUT2D eigenvalue weighted by Crippen LogP contribution is 2.30. The maximum absolute atomic E-state index is 4.64. The smallest absolute Gasteiger partial charge is 0.0936 e. The molecular formula is C16H20BrN3. The van der Waals surface area contributed by atoms with Crippen LogP contribution in [0.5, 0.6) is 0 Å². The molecule has 1 aliphatic rings. The standard InChI is InChI=1S/C16H20BrN3/c1-11(2)15-10-18-6-7-20(15)14-5-3-4-12-8-13(17)9-19-16(12)14/h3-5,8-9,11,15,18H,6-7,10H2,1-2H3. The molecule has 0 saturated carbocycles. The van der Waals surface area contributed by atoms with Crippen LogP contribution in [0.3, 0.4) is 0 Å². The predicted molar refractivity (Wildman–Crippen MR) is 88.3 cm³/mol. The average molecular weight is 334 g/mol. The molecule has 3 rings (SSSR count). The number of rotatable bonds is 2. The molecule has 106 valence electrons. The number of benzene rings is 1. The molecule has 1 aromatic heterocycles. The predicted octanol–water partition coefficient (Wildman–Crippen LogP) is 3.43. The van der Waals surface area contributed by atoms with E-state index in [-0.39, 0.29) is 0 Å². The fraction of sp³-hybridized carbons (Fsp3) is 0.438. The molecule has 0 bridgehead atoms. The van der Waals surface area contributed by atoms with Crippen molar-refractivity contribution >= 4 is 32.5 Å². The second kappa shape index (κ2) is 5.70. The summed E-state index contributed by atoms with van der Waals surface area (Å²) >= 11 is 3.50. The van der Waals surface area contributed by atoms with E-state index >= 15 is 0 Å². The van der Waals surface area contributed by atoms with Crippen molar-refractivity contribution in [1.29, 1.82) is 0 Å². The summed E-state index contributed by atoms with van der Waals surface area (Å²) in [5.41, 5.74) is 2.36. The third-order valence-electron chi connectivity index (χ3n) is 4.02. The molecule has 1 aromatic carbocycles. The first kappa shape index (κ1) is 13.8. The van der Waals surface area contributed by atoms with Crippen LogP contribution < -0.4 is 10.2 Å². The summed E-state index contributed by atoms with van der Waals surface area (Å²) < 4.78 is 1.03. The maximum Gasteiger partial charge on any atom is 0.0936 e. The molecule has 2 aromatic rings. The number of nitrogens with one attached hydrogen (secondary N) is 1. The highest BCUT2D eigenvalue weighted by Gasteiger charge is 2.26. The van der Waals surface area contributed by atoms with Crippen molar-refractivity contribution in [2.75, 3.05) is 24.5 Å². The third-order valence-corrected chi connectivity index (χ3v) is 4.45. The molecule has 0 spiro atoms. The number of pyridine rings is 1. The van der Waals surface area contributed by atoms with Crippen molar-refractivity contribution in [3.63, 3.8) is 0 Å². The number of fused-ring (bicyclic) bond motifs is 1. The zero-order valence-corrected chi connectivity index (χ0v) is 13.5. The Labute approximate surface area is 128 Å². The summed E-state index contributed by atoms with van der Waals surface area (Å²) in [4.78, 5) is 7.16. The second-order valence-electron chi connectivity index (χ2n) is 5.71. The fourth-order valence-corrected chi connectivity index (χ4v) is 3.32. The van der Waals surface area contributed by atoms with Gasteiger partial charge in [-0.25, -0.2) is 0 Å². The first-order chi connectivity index (χ1) is 9.66. The van der Waals surface area contributed by atoms with Crippen molar-refractivity contribution in [2.24, 2.45) is 5.92 Å². The monoisotopic (exact) mass is 333 g/mol. The number of halogens is 1. The number of piperazine rings is 1. The van der Waals surface area contributed by atoms with E-state index in [0.717, 1.165) is 29.6 Å². The van der Waals surface area contributed by atoms with E-state index in [9.17, 15) is 0 Å². The molecule has 20 heavy (non-hydrogen) atoms. The molecule has 1 fully saturated rings. The Hall–Kier alpha value is -1.13. The summed E-state index contributed by atoms with van der Waals surface area (Å²) in [6.07, 6.45) is 1.89. The van der Waals surface area contributed by atoms with Gasteiger partial charge in [0.15, 0.2) is 0 Å². The van der Waals surface area contributed by atoms with E-state index in [2.05, 4.69) is 69.2 Å². The first-order valence-electron chi connectivity index (χ1n) is 7.18. The lowest BCUT2D eigenvalue weighted by Gasteiger charge is -2.40. The SMILES string of the molecule is CC(C)C1CNCCN1c1cccc2cc(Br)cnc12. The highest BCUT2D eigenvalue weighted by atomic mass is 79.9. The van der Waals surface area contributed by atoms with Gasteiger partial charge in [-0.2, -0.15) is 0 Å². The number of anilines is 1. The van der Waals surface area contributed by atoms with Crippen molar-refractivity contribution < 1.29 is 0 Å². The van der Waals surface area contributed by atoms with Crippen molar-refractivity contribution in [3.8, 4) is 0 Å². The Balaban J connectivity index is 2.08. The van der Waals surface area contributed by atoms with Gasteiger partial charge in [-0.1, -0.05) is 26.0 Å². The minimum Gasteiger partial charge on any atom is -0.364 e. The molecule has 1 atom stereocenters. The third kappa shape index (κ3) is 2.54. The molecular weight excluding hydrogens is 314 g/mol. The molecule has 1 saturated heterocycles. The van der Waals surface area contributed by atoms with Crippen LogP contribution in [-0.2, 0) is 0 Å². The fourth-order valence-electron chi connectivity index (χ4n) is 2.97. The van der Waals surface area contributed by atoms with E-state index in [1.807, 2.05) is 6.20 Å². The minimum absolute atomic E-state index is 0.528. The van der Waals surface area contributed by atoms with Crippen molar-refractivity contribution in [3.05, 3.63) is 34.9 Å². The van der Waals surface area contributed by atoms with Crippen LogP contribution in [0.2, 0.25) is 0 Å². The summed E-state index contributed by atoms with van der Waals surface area (Å²) in [6, 6.07) is 9.12. The maximum atomic E-state index is 4.64. The van der Waals surface area contributed by atoms with Crippen molar-refractivity contribution in [2.45, 2.75) is 19.9 Å². The molecule has 1 aliphatic heterocycles. The Morgan fingerprint density at radius 1 is 1.40 bits per heavy atom. The van der Waals surface area contributed by atoms with Crippen LogP contribution in [0.15, 0.2) is 34.9 Å². The van der Waals surface area contributed by atoms with Crippen LogP contribution in [-0.4, -0.2) is 30.7 Å². The van der Waals surface area contributed by atoms with E-state index in [0.29, 0.717) is 12.0 Å². The minimum atomic E-state index is 0.528.